The van der Waals surface area contributed by atoms with E-state index < -0.39 is 5.97 Å². The Balaban J connectivity index is 1.54. The SMILES string of the molecule is O=C(Cc1ccc2c(c1)OCO2)NCc1ccc(C(=O)O)cc1. The van der Waals surface area contributed by atoms with Gasteiger partial charge in [0.2, 0.25) is 12.7 Å². The Morgan fingerprint density at radius 2 is 1.70 bits per heavy atom. The molecule has 118 valence electrons. The highest BCUT2D eigenvalue weighted by molar-refractivity contribution is 5.87. The van der Waals surface area contributed by atoms with Gasteiger partial charge in [-0.2, -0.15) is 0 Å². The summed E-state index contributed by atoms with van der Waals surface area (Å²) in [7, 11) is 0. The van der Waals surface area contributed by atoms with Gasteiger partial charge in [0.25, 0.3) is 0 Å². The highest BCUT2D eigenvalue weighted by atomic mass is 16.7. The van der Waals surface area contributed by atoms with Crippen molar-refractivity contribution in [2.75, 3.05) is 6.79 Å². The molecule has 23 heavy (non-hydrogen) atoms. The molecule has 6 heteroatoms. The zero-order valence-electron chi connectivity index (χ0n) is 12.2. The van der Waals surface area contributed by atoms with Crippen LogP contribution in [0.4, 0.5) is 0 Å². The third kappa shape index (κ3) is 3.60. The molecule has 0 saturated heterocycles. The van der Waals surface area contributed by atoms with Gasteiger partial charge in [0.1, 0.15) is 0 Å². The van der Waals surface area contributed by atoms with Gasteiger partial charge in [0.05, 0.1) is 12.0 Å². The topological polar surface area (TPSA) is 84.9 Å². The van der Waals surface area contributed by atoms with E-state index in [1.807, 2.05) is 6.07 Å². The Hall–Kier alpha value is -3.02. The van der Waals surface area contributed by atoms with Gasteiger partial charge in [-0.05, 0) is 35.4 Å². The molecule has 1 amide bonds. The standard InChI is InChI=1S/C17H15NO5/c19-16(8-12-3-6-14-15(7-12)23-10-22-14)18-9-11-1-4-13(5-2-11)17(20)21/h1-7H,8-10H2,(H,18,19)(H,20,21). The number of carboxylic acid groups (broad SMARTS) is 1. The molecule has 0 saturated carbocycles. The van der Waals surface area contributed by atoms with Crippen molar-refractivity contribution >= 4 is 11.9 Å². The van der Waals surface area contributed by atoms with Crippen molar-refractivity contribution in [3.05, 3.63) is 59.2 Å². The molecule has 2 aromatic rings. The number of aromatic carboxylic acids is 1. The first-order valence-electron chi connectivity index (χ1n) is 7.09. The summed E-state index contributed by atoms with van der Waals surface area (Å²) in [4.78, 5) is 22.8. The van der Waals surface area contributed by atoms with Crippen LogP contribution in [0.15, 0.2) is 42.5 Å². The summed E-state index contributed by atoms with van der Waals surface area (Å²) in [5, 5.41) is 11.6. The lowest BCUT2D eigenvalue weighted by Crippen LogP contribution is -2.24. The van der Waals surface area contributed by atoms with E-state index in [0.717, 1.165) is 11.1 Å². The van der Waals surface area contributed by atoms with Crippen LogP contribution in [-0.2, 0) is 17.8 Å². The molecule has 1 aliphatic rings. The highest BCUT2D eigenvalue weighted by Crippen LogP contribution is 2.32. The van der Waals surface area contributed by atoms with Crippen molar-refractivity contribution in [2.24, 2.45) is 0 Å². The molecule has 0 radical (unpaired) electrons. The summed E-state index contributed by atoms with van der Waals surface area (Å²) in [6.45, 7) is 0.556. The van der Waals surface area contributed by atoms with E-state index in [9.17, 15) is 9.59 Å². The van der Waals surface area contributed by atoms with Gasteiger partial charge in [-0.25, -0.2) is 4.79 Å². The Bertz CT molecular complexity index is 739. The second-order valence-corrected chi connectivity index (χ2v) is 5.14. The minimum Gasteiger partial charge on any atom is -0.478 e. The van der Waals surface area contributed by atoms with Crippen LogP contribution >= 0.6 is 0 Å². The predicted octanol–water partition coefficient (Wildman–Crippen LogP) is 1.97. The maximum Gasteiger partial charge on any atom is 0.335 e. The van der Waals surface area contributed by atoms with E-state index in [2.05, 4.69) is 5.32 Å². The average Bonchev–Trinajstić information content (AvgIpc) is 3.01. The van der Waals surface area contributed by atoms with Crippen LogP contribution in [0, 0.1) is 0 Å². The normalized spacial score (nSPS) is 12.0. The number of benzene rings is 2. The summed E-state index contributed by atoms with van der Waals surface area (Å²) in [5.41, 5.74) is 1.91. The minimum atomic E-state index is -0.969. The van der Waals surface area contributed by atoms with Crippen LogP contribution in [0.3, 0.4) is 0 Å². The number of fused-ring (bicyclic) bond motifs is 1. The van der Waals surface area contributed by atoms with E-state index >= 15 is 0 Å². The molecule has 1 heterocycles. The molecular weight excluding hydrogens is 298 g/mol. The van der Waals surface area contributed by atoms with Crippen LogP contribution in [-0.4, -0.2) is 23.8 Å². The van der Waals surface area contributed by atoms with Crippen molar-refractivity contribution in [1.82, 2.24) is 5.32 Å². The number of ether oxygens (including phenoxy) is 2. The fraction of sp³-hybridized carbons (Fsp3) is 0.176. The first-order valence-corrected chi connectivity index (χ1v) is 7.09. The van der Waals surface area contributed by atoms with Gasteiger partial charge < -0.3 is 19.9 Å². The summed E-state index contributed by atoms with van der Waals surface area (Å²) in [6, 6.07) is 11.8. The number of hydrogen-bond donors (Lipinski definition) is 2. The number of carbonyl (C=O) groups is 2. The average molecular weight is 313 g/mol. The first kappa shape index (κ1) is 14.9. The monoisotopic (exact) mass is 313 g/mol. The van der Waals surface area contributed by atoms with Gasteiger partial charge in [-0.3, -0.25) is 4.79 Å². The second-order valence-electron chi connectivity index (χ2n) is 5.14. The molecule has 0 aliphatic carbocycles. The molecule has 0 fully saturated rings. The number of rotatable bonds is 5. The van der Waals surface area contributed by atoms with Gasteiger partial charge in [-0.15, -0.1) is 0 Å². The first-order chi connectivity index (χ1) is 11.1. The van der Waals surface area contributed by atoms with Crippen molar-refractivity contribution in [1.29, 1.82) is 0 Å². The van der Waals surface area contributed by atoms with Gasteiger partial charge >= 0.3 is 5.97 Å². The van der Waals surface area contributed by atoms with E-state index in [4.69, 9.17) is 14.6 Å². The smallest absolute Gasteiger partial charge is 0.335 e. The zero-order valence-corrected chi connectivity index (χ0v) is 12.2. The Labute approximate surface area is 132 Å². The number of amides is 1. The maximum absolute atomic E-state index is 12.0. The predicted molar refractivity (Wildman–Crippen MR) is 81.5 cm³/mol. The number of hydrogen-bond acceptors (Lipinski definition) is 4. The van der Waals surface area contributed by atoms with Crippen molar-refractivity contribution < 1.29 is 24.2 Å². The van der Waals surface area contributed by atoms with Crippen LogP contribution in [0.5, 0.6) is 11.5 Å². The fourth-order valence-corrected chi connectivity index (χ4v) is 2.26. The maximum atomic E-state index is 12.0. The Morgan fingerprint density at radius 1 is 1.00 bits per heavy atom. The van der Waals surface area contributed by atoms with Crippen molar-refractivity contribution in [3.63, 3.8) is 0 Å². The molecule has 3 rings (SSSR count). The number of carboxylic acids is 1. The molecular formula is C17H15NO5. The van der Waals surface area contributed by atoms with E-state index in [0.29, 0.717) is 18.0 Å². The van der Waals surface area contributed by atoms with E-state index in [1.54, 1.807) is 24.3 Å². The summed E-state index contributed by atoms with van der Waals surface area (Å²) in [5.74, 6) is 0.252. The lowest BCUT2D eigenvalue weighted by molar-refractivity contribution is -0.120. The van der Waals surface area contributed by atoms with Crippen LogP contribution in [0.2, 0.25) is 0 Å². The lowest BCUT2D eigenvalue weighted by Gasteiger charge is -2.06. The molecule has 2 aromatic carbocycles. The van der Waals surface area contributed by atoms with Gasteiger partial charge in [-0.1, -0.05) is 18.2 Å². The molecule has 2 N–H and O–H groups in total. The van der Waals surface area contributed by atoms with Gasteiger partial charge in [0.15, 0.2) is 11.5 Å². The summed E-state index contributed by atoms with van der Waals surface area (Å²) in [6.07, 6.45) is 0.240. The molecule has 0 atom stereocenters. The third-order valence-electron chi connectivity index (χ3n) is 3.49. The fourth-order valence-electron chi connectivity index (χ4n) is 2.26. The molecule has 1 aliphatic heterocycles. The third-order valence-corrected chi connectivity index (χ3v) is 3.49. The van der Waals surface area contributed by atoms with E-state index in [1.165, 1.54) is 12.1 Å². The molecule has 0 unspecified atom stereocenters. The molecule has 6 nitrogen and oxygen atoms in total. The van der Waals surface area contributed by atoms with Crippen molar-refractivity contribution in [2.45, 2.75) is 13.0 Å². The van der Waals surface area contributed by atoms with Crippen LogP contribution < -0.4 is 14.8 Å². The highest BCUT2D eigenvalue weighted by Gasteiger charge is 2.14. The summed E-state index contributed by atoms with van der Waals surface area (Å²) >= 11 is 0. The van der Waals surface area contributed by atoms with Crippen molar-refractivity contribution in [3.8, 4) is 11.5 Å². The Morgan fingerprint density at radius 3 is 2.43 bits per heavy atom. The quantitative estimate of drug-likeness (QED) is 0.881. The molecule has 0 bridgehead atoms. The van der Waals surface area contributed by atoms with Crippen LogP contribution in [0.1, 0.15) is 21.5 Å². The second kappa shape index (κ2) is 6.39. The Kier molecular flexibility index (Phi) is 4.14. The number of nitrogens with one attached hydrogen (secondary N) is 1. The van der Waals surface area contributed by atoms with E-state index in [-0.39, 0.29) is 24.7 Å². The molecule has 0 spiro atoms. The zero-order chi connectivity index (χ0) is 16.2. The number of carbonyl (C=O) groups excluding carboxylic acids is 1. The lowest BCUT2D eigenvalue weighted by atomic mass is 10.1. The summed E-state index contributed by atoms with van der Waals surface area (Å²) < 4.78 is 10.5. The largest absolute Gasteiger partial charge is 0.478 e. The van der Waals surface area contributed by atoms with Crippen LogP contribution in [0.25, 0.3) is 0 Å². The van der Waals surface area contributed by atoms with Gasteiger partial charge in [0, 0.05) is 6.54 Å². The molecule has 0 aromatic heterocycles. The minimum absolute atomic E-state index is 0.119.